The van der Waals surface area contributed by atoms with E-state index in [4.69, 9.17) is 9.47 Å². The third-order valence-corrected chi connectivity index (χ3v) is 3.26. The van der Waals surface area contributed by atoms with Crippen LogP contribution in [0.1, 0.15) is 68.2 Å². The first-order chi connectivity index (χ1) is 11.8. The molecule has 0 aliphatic carbocycles. The molecule has 0 aromatic heterocycles. The van der Waals surface area contributed by atoms with Crippen molar-refractivity contribution < 1.29 is 19.1 Å². The van der Waals surface area contributed by atoms with Crippen molar-refractivity contribution in [2.45, 2.75) is 53.6 Å². The lowest BCUT2D eigenvalue weighted by molar-refractivity contribution is 0.0377. The zero-order chi connectivity index (χ0) is 18.8. The van der Waals surface area contributed by atoms with Gasteiger partial charge in [0, 0.05) is 6.42 Å². The first kappa shape index (κ1) is 20.8. The maximum absolute atomic E-state index is 12.4. The van der Waals surface area contributed by atoms with Crippen molar-refractivity contribution in [1.82, 2.24) is 0 Å². The highest BCUT2D eigenvalue weighted by molar-refractivity contribution is 5.95. The quantitative estimate of drug-likeness (QED) is 0.540. The third-order valence-electron chi connectivity index (χ3n) is 3.26. The lowest BCUT2D eigenvalue weighted by atomic mass is 10.1. The van der Waals surface area contributed by atoms with E-state index in [1.807, 2.05) is 20.8 Å². The van der Waals surface area contributed by atoms with Gasteiger partial charge < -0.3 is 9.47 Å². The molecule has 1 aromatic rings. The van der Waals surface area contributed by atoms with Gasteiger partial charge in [-0.25, -0.2) is 9.59 Å². The Balaban J connectivity index is 2.83. The first-order valence-corrected chi connectivity index (χ1v) is 8.80. The second-order valence-electron chi connectivity index (χ2n) is 6.77. The molecule has 4 nitrogen and oxygen atoms in total. The fourth-order valence-electron chi connectivity index (χ4n) is 2.08. The summed E-state index contributed by atoms with van der Waals surface area (Å²) in [7, 11) is 0. The largest absolute Gasteiger partial charge is 0.462 e. The maximum atomic E-state index is 12.4. The Morgan fingerprint density at radius 2 is 1.68 bits per heavy atom. The Labute approximate surface area is 150 Å². The number of rotatable bonds is 7. The average Bonchev–Trinajstić information content (AvgIpc) is 2.57. The van der Waals surface area contributed by atoms with Crippen LogP contribution in [0.25, 0.3) is 0 Å². The minimum Gasteiger partial charge on any atom is -0.462 e. The predicted octanol–water partition coefficient (Wildman–Crippen LogP) is 4.48. The molecule has 0 spiro atoms. The van der Waals surface area contributed by atoms with Crippen LogP contribution < -0.4 is 0 Å². The Hall–Kier alpha value is -2.28. The van der Waals surface area contributed by atoms with E-state index in [1.54, 1.807) is 18.2 Å². The van der Waals surface area contributed by atoms with Gasteiger partial charge in [0.15, 0.2) is 6.10 Å². The maximum Gasteiger partial charge on any atom is 0.339 e. The molecule has 1 aromatic carbocycles. The van der Waals surface area contributed by atoms with Gasteiger partial charge in [-0.3, -0.25) is 0 Å². The van der Waals surface area contributed by atoms with Crippen LogP contribution in [0.5, 0.6) is 0 Å². The molecule has 25 heavy (non-hydrogen) atoms. The zero-order valence-electron chi connectivity index (χ0n) is 15.8. The fourth-order valence-corrected chi connectivity index (χ4v) is 2.08. The van der Waals surface area contributed by atoms with E-state index in [1.165, 1.54) is 6.07 Å². The molecular weight excluding hydrogens is 316 g/mol. The minimum atomic E-state index is -0.477. The molecule has 4 heteroatoms. The lowest BCUT2D eigenvalue weighted by Crippen LogP contribution is -2.19. The molecule has 0 saturated carbocycles. The summed E-state index contributed by atoms with van der Waals surface area (Å²) in [6, 6.07) is 6.41. The first-order valence-electron chi connectivity index (χ1n) is 8.80. The fraction of sp³-hybridized carbons (Fsp3) is 0.524. The summed E-state index contributed by atoms with van der Waals surface area (Å²) >= 11 is 0. The standard InChI is InChI=1S/C21H28O4/c1-6-7-11-19(12-15(2)3)25-21(23)18-10-8-9-17(13-18)20(22)24-14-16(4)5/h8-10,13,15-16,19H,6,12,14H2,1-5H3. The second-order valence-corrected chi connectivity index (χ2v) is 6.77. The zero-order valence-corrected chi connectivity index (χ0v) is 15.8. The van der Waals surface area contributed by atoms with Gasteiger partial charge in [-0.1, -0.05) is 52.5 Å². The van der Waals surface area contributed by atoms with E-state index in [9.17, 15) is 9.59 Å². The molecule has 0 N–H and O–H groups in total. The minimum absolute atomic E-state index is 0.256. The summed E-state index contributed by atoms with van der Waals surface area (Å²) in [5.41, 5.74) is 0.668. The van der Waals surface area contributed by atoms with Gasteiger partial charge in [-0.15, -0.1) is 0 Å². The molecule has 1 unspecified atom stereocenters. The van der Waals surface area contributed by atoms with Gasteiger partial charge in [0.25, 0.3) is 0 Å². The molecule has 0 heterocycles. The van der Waals surface area contributed by atoms with Crippen LogP contribution in [0.3, 0.4) is 0 Å². The van der Waals surface area contributed by atoms with Crippen LogP contribution in [0, 0.1) is 23.7 Å². The summed E-state index contributed by atoms with van der Waals surface area (Å²) in [6.45, 7) is 10.3. The molecule has 0 amide bonds. The monoisotopic (exact) mass is 344 g/mol. The molecule has 0 bridgehead atoms. The Bertz CT molecular complexity index is 635. The van der Waals surface area contributed by atoms with Crippen LogP contribution in [0.2, 0.25) is 0 Å². The van der Waals surface area contributed by atoms with Crippen LogP contribution in [0.15, 0.2) is 24.3 Å². The summed E-state index contributed by atoms with van der Waals surface area (Å²) < 4.78 is 10.7. The highest BCUT2D eigenvalue weighted by Crippen LogP contribution is 2.13. The summed E-state index contributed by atoms with van der Waals surface area (Å²) in [4.78, 5) is 24.4. The number of hydrogen-bond acceptors (Lipinski definition) is 4. The van der Waals surface area contributed by atoms with Crippen LogP contribution >= 0.6 is 0 Å². The van der Waals surface area contributed by atoms with E-state index in [0.717, 1.165) is 0 Å². The van der Waals surface area contributed by atoms with Crippen molar-refractivity contribution in [3.63, 3.8) is 0 Å². The number of esters is 2. The van der Waals surface area contributed by atoms with E-state index in [2.05, 4.69) is 25.7 Å². The Kier molecular flexibility index (Phi) is 8.77. The van der Waals surface area contributed by atoms with Crippen molar-refractivity contribution in [2.75, 3.05) is 6.61 Å². The number of benzene rings is 1. The lowest BCUT2D eigenvalue weighted by Gasteiger charge is -2.15. The molecular formula is C21H28O4. The molecule has 0 aliphatic rings. The van der Waals surface area contributed by atoms with Gasteiger partial charge in [-0.05, 0) is 36.5 Å². The van der Waals surface area contributed by atoms with Gasteiger partial charge in [-0.2, -0.15) is 0 Å². The number of ether oxygens (including phenoxy) is 2. The van der Waals surface area contributed by atoms with E-state index in [-0.39, 0.29) is 5.92 Å². The van der Waals surface area contributed by atoms with Crippen molar-refractivity contribution in [3.8, 4) is 11.8 Å². The Morgan fingerprint density at radius 3 is 2.24 bits per heavy atom. The van der Waals surface area contributed by atoms with Gasteiger partial charge in [0.05, 0.1) is 17.7 Å². The highest BCUT2D eigenvalue weighted by atomic mass is 16.5. The van der Waals surface area contributed by atoms with Crippen LogP contribution in [-0.4, -0.2) is 24.6 Å². The topological polar surface area (TPSA) is 52.6 Å². The number of hydrogen-bond donors (Lipinski definition) is 0. The van der Waals surface area contributed by atoms with Gasteiger partial charge in [0.1, 0.15) is 0 Å². The molecule has 0 saturated heterocycles. The Morgan fingerprint density at radius 1 is 1.04 bits per heavy atom. The number of carbonyl (C=O) groups is 2. The molecule has 0 radical (unpaired) electrons. The average molecular weight is 344 g/mol. The summed E-state index contributed by atoms with van der Waals surface area (Å²) in [6.07, 6.45) is 0.946. The van der Waals surface area contributed by atoms with E-state index >= 15 is 0 Å². The van der Waals surface area contributed by atoms with Gasteiger partial charge in [0.2, 0.25) is 0 Å². The highest BCUT2D eigenvalue weighted by Gasteiger charge is 2.17. The van der Waals surface area contributed by atoms with Crippen molar-refractivity contribution >= 4 is 11.9 Å². The van der Waals surface area contributed by atoms with Crippen LogP contribution in [-0.2, 0) is 9.47 Å². The smallest absolute Gasteiger partial charge is 0.339 e. The molecule has 0 fully saturated rings. The van der Waals surface area contributed by atoms with E-state index in [0.29, 0.717) is 36.5 Å². The van der Waals surface area contributed by atoms with Crippen molar-refractivity contribution in [1.29, 1.82) is 0 Å². The van der Waals surface area contributed by atoms with Crippen molar-refractivity contribution in [2.24, 2.45) is 11.8 Å². The molecule has 136 valence electrons. The van der Waals surface area contributed by atoms with Crippen molar-refractivity contribution in [3.05, 3.63) is 35.4 Å². The summed E-state index contributed by atoms with van der Waals surface area (Å²) in [5.74, 6) is 5.66. The SMILES string of the molecule is CCC#CC(CC(C)C)OC(=O)c1cccc(C(=O)OCC(C)C)c1. The normalized spacial score (nSPS) is 11.6. The number of carbonyl (C=O) groups excluding carboxylic acids is 2. The van der Waals surface area contributed by atoms with Gasteiger partial charge >= 0.3 is 11.9 Å². The predicted molar refractivity (Wildman–Crippen MR) is 98.3 cm³/mol. The molecule has 1 atom stereocenters. The van der Waals surface area contributed by atoms with Crippen LogP contribution in [0.4, 0.5) is 0 Å². The molecule has 1 rings (SSSR count). The third kappa shape index (κ3) is 7.89. The second kappa shape index (κ2) is 10.6. The summed E-state index contributed by atoms with van der Waals surface area (Å²) in [5, 5.41) is 0. The van der Waals surface area contributed by atoms with E-state index < -0.39 is 18.0 Å². The molecule has 0 aliphatic heterocycles.